The normalized spacial score (nSPS) is 13.5. The Labute approximate surface area is 118 Å². The summed E-state index contributed by atoms with van der Waals surface area (Å²) in [6.07, 6.45) is -3.97. The summed E-state index contributed by atoms with van der Waals surface area (Å²) in [4.78, 5) is 23.0. The van der Waals surface area contributed by atoms with E-state index < -0.39 is 31.1 Å². The van der Waals surface area contributed by atoms with Crippen molar-refractivity contribution in [2.75, 3.05) is 25.0 Å². The van der Waals surface area contributed by atoms with Gasteiger partial charge in [-0.3, -0.25) is 9.59 Å². The molecule has 1 amide bonds. The number of hydrogen-bond donors (Lipinski definition) is 2. The lowest BCUT2D eigenvalue weighted by atomic mass is 10.1. The van der Waals surface area contributed by atoms with Crippen molar-refractivity contribution in [3.63, 3.8) is 0 Å². The van der Waals surface area contributed by atoms with Crippen molar-refractivity contribution in [1.82, 2.24) is 4.90 Å². The van der Waals surface area contributed by atoms with Crippen molar-refractivity contribution >= 4 is 17.6 Å². The molecule has 1 aliphatic rings. The molecule has 0 unspecified atom stereocenters. The number of carboxylic acid groups (broad SMARTS) is 1. The number of halogens is 3. The Hall–Kier alpha value is -2.25. The SMILES string of the molecule is O=C(O)CN(CC(F)(F)F)C(=O)c1ccc2c(c1)CCN2. The van der Waals surface area contributed by atoms with Gasteiger partial charge >= 0.3 is 12.1 Å². The van der Waals surface area contributed by atoms with Gasteiger partial charge in [-0.1, -0.05) is 0 Å². The number of anilines is 1. The van der Waals surface area contributed by atoms with Crippen molar-refractivity contribution in [3.05, 3.63) is 29.3 Å². The molecule has 0 fully saturated rings. The summed E-state index contributed by atoms with van der Waals surface area (Å²) >= 11 is 0. The largest absolute Gasteiger partial charge is 0.480 e. The summed E-state index contributed by atoms with van der Waals surface area (Å²) in [5, 5.41) is 11.7. The van der Waals surface area contributed by atoms with E-state index in [0.717, 1.165) is 11.3 Å². The highest BCUT2D eigenvalue weighted by molar-refractivity contribution is 5.96. The van der Waals surface area contributed by atoms with Crippen LogP contribution in [0.2, 0.25) is 0 Å². The first-order valence-corrected chi connectivity index (χ1v) is 6.21. The van der Waals surface area contributed by atoms with Crippen LogP contribution in [0.25, 0.3) is 0 Å². The minimum Gasteiger partial charge on any atom is -0.480 e. The summed E-state index contributed by atoms with van der Waals surface area (Å²) in [5.74, 6) is -2.43. The topological polar surface area (TPSA) is 69.6 Å². The number of carbonyl (C=O) groups is 2. The summed E-state index contributed by atoms with van der Waals surface area (Å²) in [6, 6.07) is 4.51. The summed E-state index contributed by atoms with van der Waals surface area (Å²) in [5.41, 5.74) is 1.73. The molecule has 0 aliphatic carbocycles. The molecule has 1 heterocycles. The Morgan fingerprint density at radius 3 is 2.67 bits per heavy atom. The molecule has 0 radical (unpaired) electrons. The Balaban J connectivity index is 2.22. The van der Waals surface area contributed by atoms with E-state index in [0.29, 0.717) is 13.0 Å². The number of nitrogens with one attached hydrogen (secondary N) is 1. The van der Waals surface area contributed by atoms with Gasteiger partial charge in [0.1, 0.15) is 13.1 Å². The Bertz CT molecular complexity index is 572. The number of carboxylic acids is 1. The average Bonchev–Trinajstić information content (AvgIpc) is 2.81. The first-order valence-electron chi connectivity index (χ1n) is 6.21. The summed E-state index contributed by atoms with van der Waals surface area (Å²) in [7, 11) is 0. The van der Waals surface area contributed by atoms with E-state index >= 15 is 0 Å². The van der Waals surface area contributed by atoms with Crippen LogP contribution in [-0.2, 0) is 11.2 Å². The van der Waals surface area contributed by atoms with Crippen molar-refractivity contribution < 1.29 is 27.9 Å². The van der Waals surface area contributed by atoms with Gasteiger partial charge in [0.2, 0.25) is 0 Å². The maximum atomic E-state index is 12.5. The zero-order chi connectivity index (χ0) is 15.6. The van der Waals surface area contributed by atoms with E-state index in [1.807, 2.05) is 0 Å². The van der Waals surface area contributed by atoms with Gasteiger partial charge in [-0.05, 0) is 30.2 Å². The lowest BCUT2D eigenvalue weighted by Gasteiger charge is -2.22. The van der Waals surface area contributed by atoms with E-state index in [-0.39, 0.29) is 10.5 Å². The lowest BCUT2D eigenvalue weighted by molar-refractivity contribution is -0.149. The quantitative estimate of drug-likeness (QED) is 0.889. The van der Waals surface area contributed by atoms with E-state index in [1.54, 1.807) is 6.07 Å². The van der Waals surface area contributed by atoms with Gasteiger partial charge in [-0.15, -0.1) is 0 Å². The molecular formula is C13H13F3N2O3. The van der Waals surface area contributed by atoms with Crippen LogP contribution in [-0.4, -0.2) is 47.7 Å². The van der Waals surface area contributed by atoms with Crippen LogP contribution in [0.1, 0.15) is 15.9 Å². The van der Waals surface area contributed by atoms with E-state index in [1.165, 1.54) is 12.1 Å². The van der Waals surface area contributed by atoms with Gasteiger partial charge in [-0.2, -0.15) is 13.2 Å². The molecule has 21 heavy (non-hydrogen) atoms. The number of benzene rings is 1. The molecule has 1 aliphatic heterocycles. The molecule has 5 nitrogen and oxygen atoms in total. The second kappa shape index (κ2) is 5.63. The molecule has 0 atom stereocenters. The Kier molecular flexibility index (Phi) is 4.06. The van der Waals surface area contributed by atoms with Crippen molar-refractivity contribution in [1.29, 1.82) is 0 Å². The van der Waals surface area contributed by atoms with Gasteiger partial charge in [0.25, 0.3) is 5.91 Å². The first kappa shape index (κ1) is 15.1. The monoisotopic (exact) mass is 302 g/mol. The van der Waals surface area contributed by atoms with E-state index in [2.05, 4.69) is 5.32 Å². The third-order valence-corrected chi connectivity index (χ3v) is 3.05. The molecule has 0 aromatic heterocycles. The number of hydrogen-bond acceptors (Lipinski definition) is 3. The smallest absolute Gasteiger partial charge is 0.406 e. The molecule has 0 saturated heterocycles. The van der Waals surface area contributed by atoms with Gasteiger partial charge in [0.15, 0.2) is 0 Å². The number of rotatable bonds is 4. The molecule has 1 aromatic rings. The summed E-state index contributed by atoms with van der Waals surface area (Å²) in [6.45, 7) is -1.88. The Morgan fingerprint density at radius 1 is 1.33 bits per heavy atom. The molecule has 8 heteroatoms. The summed E-state index contributed by atoms with van der Waals surface area (Å²) < 4.78 is 37.4. The third-order valence-electron chi connectivity index (χ3n) is 3.05. The number of nitrogens with zero attached hydrogens (tertiary/aromatic N) is 1. The van der Waals surface area contributed by atoms with Gasteiger partial charge < -0.3 is 15.3 Å². The molecule has 1 aromatic carbocycles. The van der Waals surface area contributed by atoms with Crippen LogP contribution in [0, 0.1) is 0 Å². The fraction of sp³-hybridized carbons (Fsp3) is 0.385. The standard InChI is InChI=1S/C13H13F3N2O3/c14-13(15,16)7-18(6-11(19)20)12(21)9-1-2-10-8(5-9)3-4-17-10/h1-2,5,17H,3-4,6-7H2,(H,19,20). The second-order valence-corrected chi connectivity index (χ2v) is 4.72. The maximum Gasteiger partial charge on any atom is 0.406 e. The highest BCUT2D eigenvalue weighted by Gasteiger charge is 2.34. The number of carbonyl (C=O) groups excluding carboxylic acids is 1. The molecule has 0 spiro atoms. The van der Waals surface area contributed by atoms with Crippen molar-refractivity contribution in [3.8, 4) is 0 Å². The molecular weight excluding hydrogens is 289 g/mol. The van der Waals surface area contributed by atoms with E-state index in [4.69, 9.17) is 5.11 Å². The number of fused-ring (bicyclic) bond motifs is 1. The minimum atomic E-state index is -4.65. The fourth-order valence-electron chi connectivity index (χ4n) is 2.20. The second-order valence-electron chi connectivity index (χ2n) is 4.72. The highest BCUT2D eigenvalue weighted by Crippen LogP contribution is 2.24. The lowest BCUT2D eigenvalue weighted by Crippen LogP contribution is -2.42. The highest BCUT2D eigenvalue weighted by atomic mass is 19.4. The maximum absolute atomic E-state index is 12.5. The number of amides is 1. The van der Waals surface area contributed by atoms with Crippen molar-refractivity contribution in [2.24, 2.45) is 0 Å². The number of alkyl halides is 3. The zero-order valence-electron chi connectivity index (χ0n) is 10.9. The predicted molar refractivity (Wildman–Crippen MR) is 68.2 cm³/mol. The molecule has 2 N–H and O–H groups in total. The van der Waals surface area contributed by atoms with Crippen LogP contribution in [0.5, 0.6) is 0 Å². The number of aliphatic carboxylic acids is 1. The van der Waals surface area contributed by atoms with Crippen LogP contribution < -0.4 is 5.32 Å². The van der Waals surface area contributed by atoms with Gasteiger partial charge in [-0.25, -0.2) is 0 Å². The van der Waals surface area contributed by atoms with Gasteiger partial charge in [0, 0.05) is 17.8 Å². The molecule has 2 rings (SSSR count). The molecule has 0 saturated carbocycles. The predicted octanol–water partition coefficient (Wildman–Crippen LogP) is 1.74. The van der Waals surface area contributed by atoms with Crippen LogP contribution in [0.3, 0.4) is 0 Å². The minimum absolute atomic E-state index is 0.0583. The average molecular weight is 302 g/mol. The van der Waals surface area contributed by atoms with Gasteiger partial charge in [0.05, 0.1) is 0 Å². The van der Waals surface area contributed by atoms with Crippen LogP contribution >= 0.6 is 0 Å². The fourth-order valence-corrected chi connectivity index (χ4v) is 2.20. The zero-order valence-corrected chi connectivity index (χ0v) is 10.9. The molecule has 0 bridgehead atoms. The van der Waals surface area contributed by atoms with Crippen LogP contribution in [0.4, 0.5) is 18.9 Å². The third kappa shape index (κ3) is 3.87. The van der Waals surface area contributed by atoms with E-state index in [9.17, 15) is 22.8 Å². The van der Waals surface area contributed by atoms with Crippen molar-refractivity contribution in [2.45, 2.75) is 12.6 Å². The van der Waals surface area contributed by atoms with Crippen LogP contribution in [0.15, 0.2) is 18.2 Å². The first-order chi connectivity index (χ1) is 9.76. The Morgan fingerprint density at radius 2 is 2.05 bits per heavy atom. The molecule has 114 valence electrons.